The number of benzene rings is 1. The first-order chi connectivity index (χ1) is 8.70. The summed E-state index contributed by atoms with van der Waals surface area (Å²) in [7, 11) is 0. The Labute approximate surface area is 117 Å². The summed E-state index contributed by atoms with van der Waals surface area (Å²) < 4.78 is 0. The Kier molecular flexibility index (Phi) is 5.16. The normalized spacial score (nSPS) is 13.4. The van der Waals surface area contributed by atoms with Gasteiger partial charge < -0.3 is 5.32 Å². The van der Waals surface area contributed by atoms with Crippen molar-refractivity contribution in [1.29, 1.82) is 0 Å². The van der Waals surface area contributed by atoms with Crippen molar-refractivity contribution in [2.45, 2.75) is 59.4 Å². The minimum Gasteiger partial charge on any atom is -0.350 e. The first-order valence-corrected chi connectivity index (χ1v) is 7.11. The molecule has 2 nitrogen and oxygen atoms in total. The molecule has 1 aromatic carbocycles. The van der Waals surface area contributed by atoms with E-state index in [0.29, 0.717) is 5.92 Å². The third kappa shape index (κ3) is 5.06. The molecule has 0 aliphatic carbocycles. The van der Waals surface area contributed by atoms with Crippen LogP contribution in [-0.4, -0.2) is 11.9 Å². The minimum absolute atomic E-state index is 0.0219. The summed E-state index contributed by atoms with van der Waals surface area (Å²) in [5, 5.41) is 3.05. The van der Waals surface area contributed by atoms with Crippen LogP contribution < -0.4 is 5.32 Å². The van der Waals surface area contributed by atoms with Crippen LogP contribution in [0.15, 0.2) is 24.3 Å². The zero-order chi connectivity index (χ0) is 14.6. The number of amides is 1. The van der Waals surface area contributed by atoms with Gasteiger partial charge in [-0.3, -0.25) is 4.79 Å². The standard InChI is InChI=1S/C17H27NO/c1-12(2)11-13(3)18-16(19)14-7-9-15(10-8-14)17(4,5)6/h7-10,12-13H,11H2,1-6H3,(H,18,19)/t13-/m1/s1. The van der Waals surface area contributed by atoms with Crippen molar-refractivity contribution in [1.82, 2.24) is 5.32 Å². The van der Waals surface area contributed by atoms with Crippen molar-refractivity contribution in [3.8, 4) is 0 Å². The zero-order valence-electron chi connectivity index (χ0n) is 13.1. The van der Waals surface area contributed by atoms with Crippen molar-refractivity contribution < 1.29 is 4.79 Å². The Balaban J connectivity index is 2.68. The monoisotopic (exact) mass is 261 g/mol. The molecule has 0 radical (unpaired) electrons. The van der Waals surface area contributed by atoms with E-state index < -0.39 is 0 Å². The van der Waals surface area contributed by atoms with Crippen LogP contribution in [0.2, 0.25) is 0 Å². The molecule has 0 aliphatic rings. The maximum Gasteiger partial charge on any atom is 0.251 e. The lowest BCUT2D eigenvalue weighted by atomic mass is 9.86. The van der Waals surface area contributed by atoms with Gasteiger partial charge in [-0.2, -0.15) is 0 Å². The number of hydrogen-bond donors (Lipinski definition) is 1. The van der Waals surface area contributed by atoms with E-state index in [2.05, 4.69) is 46.9 Å². The average molecular weight is 261 g/mol. The molecule has 0 aliphatic heterocycles. The molecule has 1 aromatic rings. The molecule has 1 rings (SSSR count). The number of rotatable bonds is 4. The Morgan fingerprint density at radius 3 is 2.05 bits per heavy atom. The fourth-order valence-corrected chi connectivity index (χ4v) is 2.19. The van der Waals surface area contributed by atoms with Gasteiger partial charge in [0, 0.05) is 11.6 Å². The first-order valence-electron chi connectivity index (χ1n) is 7.11. The minimum atomic E-state index is 0.0219. The zero-order valence-corrected chi connectivity index (χ0v) is 13.1. The highest BCUT2D eigenvalue weighted by Gasteiger charge is 2.15. The topological polar surface area (TPSA) is 29.1 Å². The number of nitrogens with one attached hydrogen (secondary N) is 1. The Bertz CT molecular complexity index is 412. The van der Waals surface area contributed by atoms with E-state index in [0.717, 1.165) is 12.0 Å². The second-order valence-corrected chi connectivity index (χ2v) is 6.83. The van der Waals surface area contributed by atoms with Crippen molar-refractivity contribution >= 4 is 5.91 Å². The summed E-state index contributed by atoms with van der Waals surface area (Å²) in [6.45, 7) is 12.9. The van der Waals surface area contributed by atoms with E-state index in [9.17, 15) is 4.79 Å². The smallest absolute Gasteiger partial charge is 0.251 e. The van der Waals surface area contributed by atoms with E-state index in [4.69, 9.17) is 0 Å². The number of carbonyl (C=O) groups excluding carboxylic acids is 1. The SMILES string of the molecule is CC(C)C[C@@H](C)NC(=O)c1ccc(C(C)(C)C)cc1. The van der Waals surface area contributed by atoms with Gasteiger partial charge >= 0.3 is 0 Å². The van der Waals surface area contributed by atoms with Gasteiger partial charge in [0.25, 0.3) is 5.91 Å². The highest BCUT2D eigenvalue weighted by Crippen LogP contribution is 2.22. The van der Waals surface area contributed by atoms with Gasteiger partial charge in [-0.05, 0) is 42.4 Å². The lowest BCUT2D eigenvalue weighted by Crippen LogP contribution is -2.33. The molecular weight excluding hydrogens is 234 g/mol. The third-order valence-corrected chi connectivity index (χ3v) is 3.22. The molecular formula is C17H27NO. The summed E-state index contributed by atoms with van der Waals surface area (Å²) in [5.74, 6) is 0.618. The van der Waals surface area contributed by atoms with E-state index in [1.54, 1.807) is 0 Å². The van der Waals surface area contributed by atoms with Crippen LogP contribution in [0.5, 0.6) is 0 Å². The molecule has 0 saturated heterocycles. The van der Waals surface area contributed by atoms with E-state index in [1.807, 2.05) is 24.3 Å². The van der Waals surface area contributed by atoms with Crippen molar-refractivity contribution in [3.05, 3.63) is 35.4 Å². The highest BCUT2D eigenvalue weighted by atomic mass is 16.1. The summed E-state index contributed by atoms with van der Waals surface area (Å²) in [6.07, 6.45) is 1.01. The van der Waals surface area contributed by atoms with E-state index in [1.165, 1.54) is 5.56 Å². The van der Waals surface area contributed by atoms with Crippen LogP contribution in [0.1, 0.15) is 63.9 Å². The third-order valence-electron chi connectivity index (χ3n) is 3.22. The summed E-state index contributed by atoms with van der Waals surface area (Å²) >= 11 is 0. The second kappa shape index (κ2) is 6.23. The molecule has 1 N–H and O–H groups in total. The predicted octanol–water partition coefficient (Wildman–Crippen LogP) is 4.15. The van der Waals surface area contributed by atoms with Gasteiger partial charge in [-0.1, -0.05) is 46.8 Å². The Morgan fingerprint density at radius 2 is 1.63 bits per heavy atom. The quantitative estimate of drug-likeness (QED) is 0.866. The maximum atomic E-state index is 12.1. The second-order valence-electron chi connectivity index (χ2n) is 6.83. The van der Waals surface area contributed by atoms with E-state index in [-0.39, 0.29) is 17.4 Å². The molecule has 0 fully saturated rings. The van der Waals surface area contributed by atoms with Gasteiger partial charge in [0.2, 0.25) is 0 Å². The van der Waals surface area contributed by atoms with Crippen LogP contribution in [0.3, 0.4) is 0 Å². The molecule has 0 heterocycles. The van der Waals surface area contributed by atoms with Crippen molar-refractivity contribution in [2.75, 3.05) is 0 Å². The summed E-state index contributed by atoms with van der Waals surface area (Å²) in [5.41, 5.74) is 2.11. The van der Waals surface area contributed by atoms with Crippen molar-refractivity contribution in [3.63, 3.8) is 0 Å². The molecule has 106 valence electrons. The molecule has 0 spiro atoms. The number of carbonyl (C=O) groups is 1. The van der Waals surface area contributed by atoms with Gasteiger partial charge in [-0.15, -0.1) is 0 Å². The fraction of sp³-hybridized carbons (Fsp3) is 0.588. The molecule has 19 heavy (non-hydrogen) atoms. The van der Waals surface area contributed by atoms with Crippen LogP contribution >= 0.6 is 0 Å². The molecule has 0 bridgehead atoms. The van der Waals surface area contributed by atoms with Crippen LogP contribution in [0, 0.1) is 5.92 Å². The molecule has 2 heteroatoms. The molecule has 1 amide bonds. The van der Waals surface area contributed by atoms with Crippen molar-refractivity contribution in [2.24, 2.45) is 5.92 Å². The van der Waals surface area contributed by atoms with Gasteiger partial charge in [0.15, 0.2) is 0 Å². The fourth-order valence-electron chi connectivity index (χ4n) is 2.19. The van der Waals surface area contributed by atoms with Crippen LogP contribution in [0.25, 0.3) is 0 Å². The Morgan fingerprint density at radius 1 is 1.11 bits per heavy atom. The average Bonchev–Trinajstić information content (AvgIpc) is 2.26. The van der Waals surface area contributed by atoms with Gasteiger partial charge in [0.1, 0.15) is 0 Å². The summed E-state index contributed by atoms with van der Waals surface area (Å²) in [6, 6.07) is 8.13. The number of hydrogen-bond acceptors (Lipinski definition) is 1. The highest BCUT2D eigenvalue weighted by molar-refractivity contribution is 5.94. The van der Waals surface area contributed by atoms with Gasteiger partial charge in [0.05, 0.1) is 0 Å². The first kappa shape index (κ1) is 15.7. The summed E-state index contributed by atoms with van der Waals surface area (Å²) in [4.78, 5) is 12.1. The molecule has 0 aromatic heterocycles. The largest absolute Gasteiger partial charge is 0.350 e. The molecule has 0 saturated carbocycles. The lowest BCUT2D eigenvalue weighted by molar-refractivity contribution is 0.0936. The maximum absolute atomic E-state index is 12.1. The molecule has 0 unspecified atom stereocenters. The molecule has 1 atom stereocenters. The Hall–Kier alpha value is -1.31. The van der Waals surface area contributed by atoms with Gasteiger partial charge in [-0.25, -0.2) is 0 Å². The predicted molar refractivity (Wildman–Crippen MR) is 81.5 cm³/mol. The van der Waals surface area contributed by atoms with Crippen LogP contribution in [0.4, 0.5) is 0 Å². The lowest BCUT2D eigenvalue weighted by Gasteiger charge is -2.19. The van der Waals surface area contributed by atoms with Crippen LogP contribution in [-0.2, 0) is 5.41 Å². The van der Waals surface area contributed by atoms with E-state index >= 15 is 0 Å².